The summed E-state index contributed by atoms with van der Waals surface area (Å²) in [6, 6.07) is 3.84. The van der Waals surface area contributed by atoms with Gasteiger partial charge >= 0.3 is 0 Å². The van der Waals surface area contributed by atoms with Gasteiger partial charge in [-0.2, -0.15) is 0 Å². The van der Waals surface area contributed by atoms with Crippen molar-refractivity contribution in [2.75, 3.05) is 19.7 Å². The van der Waals surface area contributed by atoms with Crippen LogP contribution in [0.3, 0.4) is 0 Å². The second-order valence-electron chi connectivity index (χ2n) is 4.16. The van der Waals surface area contributed by atoms with Crippen LogP contribution in [0, 0.1) is 5.92 Å². The number of hydrogen-bond acceptors (Lipinski definition) is 3. The van der Waals surface area contributed by atoms with Crippen molar-refractivity contribution in [3.63, 3.8) is 0 Å². The molecule has 1 aliphatic rings. The average molecular weight is 285 g/mol. The van der Waals surface area contributed by atoms with Crippen LogP contribution in [-0.2, 0) is 0 Å². The molecule has 1 aromatic rings. The lowest BCUT2D eigenvalue weighted by Crippen LogP contribution is -2.30. The van der Waals surface area contributed by atoms with E-state index in [4.69, 9.17) is 4.74 Å². The topological polar surface area (TPSA) is 34.1 Å². The van der Waals surface area contributed by atoms with Crippen LogP contribution in [0.25, 0.3) is 0 Å². The van der Waals surface area contributed by atoms with Crippen LogP contribution < -0.4 is 10.1 Å². The maximum atomic E-state index is 5.60. The van der Waals surface area contributed by atoms with Crippen LogP contribution in [0.5, 0.6) is 5.88 Å². The van der Waals surface area contributed by atoms with E-state index in [1.54, 1.807) is 6.20 Å². The van der Waals surface area contributed by atoms with Crippen LogP contribution in [0.4, 0.5) is 0 Å². The minimum absolute atomic E-state index is 0.715. The summed E-state index contributed by atoms with van der Waals surface area (Å²) in [6.07, 6.45) is 5.49. The van der Waals surface area contributed by atoms with E-state index in [0.717, 1.165) is 30.0 Å². The van der Waals surface area contributed by atoms with E-state index in [2.05, 4.69) is 26.2 Å². The van der Waals surface area contributed by atoms with Gasteiger partial charge < -0.3 is 10.1 Å². The number of ether oxygens (including phenoxy) is 1. The van der Waals surface area contributed by atoms with Gasteiger partial charge in [-0.05, 0) is 60.3 Å². The second kappa shape index (κ2) is 6.21. The van der Waals surface area contributed by atoms with Crippen molar-refractivity contribution in [1.82, 2.24) is 10.3 Å². The minimum Gasteiger partial charge on any atom is -0.478 e. The Morgan fingerprint density at radius 3 is 3.12 bits per heavy atom. The SMILES string of the molecule is Brc1ccc(OCC[C@@H]2CCCNC2)nc1. The van der Waals surface area contributed by atoms with E-state index >= 15 is 0 Å². The molecule has 1 saturated heterocycles. The number of nitrogens with one attached hydrogen (secondary N) is 1. The monoisotopic (exact) mass is 284 g/mol. The summed E-state index contributed by atoms with van der Waals surface area (Å²) in [4.78, 5) is 4.18. The van der Waals surface area contributed by atoms with Crippen molar-refractivity contribution < 1.29 is 4.74 Å². The quantitative estimate of drug-likeness (QED) is 0.923. The van der Waals surface area contributed by atoms with Crippen molar-refractivity contribution in [2.24, 2.45) is 5.92 Å². The zero-order chi connectivity index (χ0) is 11.2. The number of rotatable bonds is 4. The summed E-state index contributed by atoms with van der Waals surface area (Å²) in [7, 11) is 0. The zero-order valence-electron chi connectivity index (χ0n) is 9.29. The molecule has 2 rings (SSSR count). The van der Waals surface area contributed by atoms with E-state index in [0.29, 0.717) is 5.88 Å². The Hall–Kier alpha value is -0.610. The Balaban J connectivity index is 1.69. The highest BCUT2D eigenvalue weighted by molar-refractivity contribution is 9.10. The Morgan fingerprint density at radius 1 is 1.50 bits per heavy atom. The summed E-state index contributed by atoms with van der Waals surface area (Å²) >= 11 is 3.35. The Morgan fingerprint density at radius 2 is 2.44 bits per heavy atom. The molecule has 3 nitrogen and oxygen atoms in total. The summed E-state index contributed by atoms with van der Waals surface area (Å²) in [5, 5.41) is 3.41. The smallest absolute Gasteiger partial charge is 0.213 e. The van der Waals surface area contributed by atoms with E-state index in [9.17, 15) is 0 Å². The lowest BCUT2D eigenvalue weighted by atomic mass is 9.97. The van der Waals surface area contributed by atoms with Gasteiger partial charge in [0.2, 0.25) is 5.88 Å². The van der Waals surface area contributed by atoms with Crippen LogP contribution in [0.1, 0.15) is 19.3 Å². The summed E-state index contributed by atoms with van der Waals surface area (Å²) in [5.41, 5.74) is 0. The highest BCUT2D eigenvalue weighted by Crippen LogP contribution is 2.16. The van der Waals surface area contributed by atoms with Gasteiger partial charge in [-0.1, -0.05) is 0 Å². The first-order chi connectivity index (χ1) is 7.84. The molecule has 0 bridgehead atoms. The van der Waals surface area contributed by atoms with E-state index in [-0.39, 0.29) is 0 Å². The third-order valence-corrected chi connectivity index (χ3v) is 3.34. The number of aromatic nitrogens is 1. The van der Waals surface area contributed by atoms with Crippen LogP contribution in [-0.4, -0.2) is 24.7 Å². The first-order valence-electron chi connectivity index (χ1n) is 5.79. The normalized spacial score (nSPS) is 20.7. The third-order valence-electron chi connectivity index (χ3n) is 2.88. The van der Waals surface area contributed by atoms with Gasteiger partial charge in [0, 0.05) is 16.7 Å². The van der Waals surface area contributed by atoms with Crippen LogP contribution >= 0.6 is 15.9 Å². The molecule has 1 N–H and O–H groups in total. The van der Waals surface area contributed by atoms with Crippen molar-refractivity contribution >= 4 is 15.9 Å². The average Bonchev–Trinajstić information content (AvgIpc) is 2.33. The largest absolute Gasteiger partial charge is 0.478 e. The number of hydrogen-bond donors (Lipinski definition) is 1. The molecule has 0 radical (unpaired) electrons. The molecule has 0 aliphatic carbocycles. The predicted octanol–water partition coefficient (Wildman–Crippen LogP) is 2.61. The van der Waals surface area contributed by atoms with Crippen molar-refractivity contribution in [2.45, 2.75) is 19.3 Å². The minimum atomic E-state index is 0.715. The second-order valence-corrected chi connectivity index (χ2v) is 5.08. The molecule has 1 atom stereocenters. The molecule has 0 saturated carbocycles. The van der Waals surface area contributed by atoms with Gasteiger partial charge in [0.15, 0.2) is 0 Å². The highest BCUT2D eigenvalue weighted by atomic mass is 79.9. The molecule has 16 heavy (non-hydrogen) atoms. The van der Waals surface area contributed by atoms with Gasteiger partial charge in [0.05, 0.1) is 6.61 Å². The molecular formula is C12H17BrN2O. The van der Waals surface area contributed by atoms with Crippen LogP contribution in [0.15, 0.2) is 22.8 Å². The lowest BCUT2D eigenvalue weighted by Gasteiger charge is -2.22. The fourth-order valence-electron chi connectivity index (χ4n) is 1.95. The molecule has 0 aromatic carbocycles. The molecule has 4 heteroatoms. The van der Waals surface area contributed by atoms with Crippen molar-refractivity contribution in [1.29, 1.82) is 0 Å². The zero-order valence-corrected chi connectivity index (χ0v) is 10.9. The molecule has 0 unspecified atom stereocenters. The number of pyridine rings is 1. The molecule has 1 aliphatic heterocycles. The first kappa shape index (κ1) is 11.9. The number of piperidine rings is 1. The molecule has 1 aromatic heterocycles. The molecule has 1 fully saturated rings. The molecule has 88 valence electrons. The van der Waals surface area contributed by atoms with Gasteiger partial charge in [0.1, 0.15) is 0 Å². The maximum Gasteiger partial charge on any atom is 0.213 e. The summed E-state index contributed by atoms with van der Waals surface area (Å²) in [5.74, 6) is 1.48. The van der Waals surface area contributed by atoms with Crippen molar-refractivity contribution in [3.8, 4) is 5.88 Å². The Bertz CT molecular complexity index is 309. The summed E-state index contributed by atoms with van der Waals surface area (Å²) < 4.78 is 6.59. The van der Waals surface area contributed by atoms with E-state index < -0.39 is 0 Å². The van der Waals surface area contributed by atoms with Gasteiger partial charge in [-0.25, -0.2) is 4.98 Å². The Labute approximate surface area is 105 Å². The van der Waals surface area contributed by atoms with Crippen LogP contribution in [0.2, 0.25) is 0 Å². The lowest BCUT2D eigenvalue weighted by molar-refractivity contribution is 0.247. The third kappa shape index (κ3) is 3.76. The molecule has 0 spiro atoms. The fraction of sp³-hybridized carbons (Fsp3) is 0.583. The van der Waals surface area contributed by atoms with Crippen molar-refractivity contribution in [3.05, 3.63) is 22.8 Å². The van der Waals surface area contributed by atoms with E-state index in [1.807, 2.05) is 12.1 Å². The standard InChI is InChI=1S/C12H17BrN2O/c13-11-3-4-12(15-9-11)16-7-5-10-2-1-6-14-8-10/h3-4,9-10,14H,1-2,5-8H2/t10-/m0/s1. The molecule has 2 heterocycles. The number of nitrogens with zero attached hydrogens (tertiary/aromatic N) is 1. The summed E-state index contributed by atoms with van der Waals surface area (Å²) in [6.45, 7) is 3.07. The van der Waals surface area contributed by atoms with Gasteiger partial charge in [-0.15, -0.1) is 0 Å². The van der Waals surface area contributed by atoms with Gasteiger partial charge in [0.25, 0.3) is 0 Å². The first-order valence-corrected chi connectivity index (χ1v) is 6.59. The molecular weight excluding hydrogens is 268 g/mol. The fourth-order valence-corrected chi connectivity index (χ4v) is 2.18. The Kier molecular flexibility index (Phi) is 4.60. The highest BCUT2D eigenvalue weighted by Gasteiger charge is 2.12. The molecule has 0 amide bonds. The predicted molar refractivity (Wildman–Crippen MR) is 67.6 cm³/mol. The maximum absolute atomic E-state index is 5.60. The van der Waals surface area contributed by atoms with Gasteiger partial charge in [-0.3, -0.25) is 0 Å². The van der Waals surface area contributed by atoms with E-state index in [1.165, 1.54) is 19.4 Å². The number of halogens is 1.